The molecule has 0 aliphatic carbocycles. The van der Waals surface area contributed by atoms with Gasteiger partial charge in [0.25, 0.3) is 5.91 Å². The van der Waals surface area contributed by atoms with Crippen molar-refractivity contribution in [3.63, 3.8) is 0 Å². The minimum absolute atomic E-state index is 0.0798. The summed E-state index contributed by atoms with van der Waals surface area (Å²) in [5, 5.41) is 8.01. The van der Waals surface area contributed by atoms with Crippen LogP contribution in [0.1, 0.15) is 36.4 Å². The zero-order valence-electron chi connectivity index (χ0n) is 15.5. The molecule has 0 aliphatic heterocycles. The highest BCUT2D eigenvalue weighted by Gasteiger charge is 2.26. The minimum atomic E-state index is -0.722. The lowest BCUT2D eigenvalue weighted by Gasteiger charge is -2.23. The first-order valence-electron chi connectivity index (χ1n) is 8.94. The Morgan fingerprint density at radius 1 is 1.04 bits per heavy atom. The normalized spacial score (nSPS) is 12.7. The summed E-state index contributed by atoms with van der Waals surface area (Å²) >= 11 is 0. The summed E-state index contributed by atoms with van der Waals surface area (Å²) in [6, 6.07) is 11.5. The van der Waals surface area contributed by atoms with E-state index in [9.17, 15) is 14.4 Å². The number of furan rings is 1. The molecule has 1 aromatic carbocycles. The van der Waals surface area contributed by atoms with Crippen molar-refractivity contribution in [3.05, 3.63) is 60.1 Å². The molecule has 7 nitrogen and oxygen atoms in total. The molecule has 2 rings (SSSR count). The molecule has 1 aromatic heterocycles. The molecule has 1 heterocycles. The van der Waals surface area contributed by atoms with E-state index in [1.54, 1.807) is 36.4 Å². The molecule has 0 fully saturated rings. The fraction of sp³-hybridized carbons (Fsp3) is 0.350. The van der Waals surface area contributed by atoms with Gasteiger partial charge in [0.05, 0.1) is 19.4 Å². The van der Waals surface area contributed by atoms with Crippen LogP contribution in [0.5, 0.6) is 0 Å². The van der Waals surface area contributed by atoms with Gasteiger partial charge in [-0.25, -0.2) is 0 Å². The predicted molar refractivity (Wildman–Crippen MR) is 101 cm³/mol. The molecule has 0 radical (unpaired) electrons. The van der Waals surface area contributed by atoms with Crippen molar-refractivity contribution in [1.82, 2.24) is 16.0 Å². The Balaban J connectivity index is 1.88. The second-order valence-corrected chi connectivity index (χ2v) is 6.28. The van der Waals surface area contributed by atoms with Crippen molar-refractivity contribution in [2.45, 2.75) is 32.9 Å². The summed E-state index contributed by atoms with van der Waals surface area (Å²) in [6.45, 7) is 3.90. The Kier molecular flexibility index (Phi) is 7.61. The molecule has 3 amide bonds. The van der Waals surface area contributed by atoms with E-state index in [4.69, 9.17) is 4.42 Å². The van der Waals surface area contributed by atoms with Crippen molar-refractivity contribution < 1.29 is 18.8 Å². The minimum Gasteiger partial charge on any atom is -0.467 e. The van der Waals surface area contributed by atoms with Crippen molar-refractivity contribution in [3.8, 4) is 0 Å². The molecule has 27 heavy (non-hydrogen) atoms. The number of amides is 3. The first-order chi connectivity index (χ1) is 13.0. The van der Waals surface area contributed by atoms with Gasteiger partial charge in [-0.15, -0.1) is 0 Å². The van der Waals surface area contributed by atoms with E-state index in [1.807, 2.05) is 19.9 Å². The van der Waals surface area contributed by atoms with Crippen molar-refractivity contribution in [1.29, 1.82) is 0 Å². The Morgan fingerprint density at radius 2 is 1.78 bits per heavy atom. The van der Waals surface area contributed by atoms with E-state index in [2.05, 4.69) is 16.0 Å². The summed E-state index contributed by atoms with van der Waals surface area (Å²) in [6.07, 6.45) is 2.23. The lowest BCUT2D eigenvalue weighted by molar-refractivity contribution is -0.128. The monoisotopic (exact) mass is 371 g/mol. The SMILES string of the molecule is CCC(C)C(NC(=O)c1ccccc1)C(=O)NCC(=O)NCc1ccco1. The number of carbonyl (C=O) groups excluding carboxylic acids is 3. The molecule has 0 aliphatic rings. The maximum Gasteiger partial charge on any atom is 0.251 e. The van der Waals surface area contributed by atoms with Crippen LogP contribution in [0.25, 0.3) is 0 Å². The summed E-state index contributed by atoms with van der Waals surface area (Å²) < 4.78 is 5.13. The van der Waals surface area contributed by atoms with Gasteiger partial charge in [-0.2, -0.15) is 0 Å². The molecule has 0 saturated heterocycles. The van der Waals surface area contributed by atoms with E-state index < -0.39 is 6.04 Å². The molecule has 0 saturated carbocycles. The molecule has 2 aromatic rings. The molecular weight excluding hydrogens is 346 g/mol. The number of rotatable bonds is 9. The molecule has 144 valence electrons. The molecular formula is C20H25N3O4. The third-order valence-corrected chi connectivity index (χ3v) is 4.28. The second-order valence-electron chi connectivity index (χ2n) is 6.28. The maximum absolute atomic E-state index is 12.5. The lowest BCUT2D eigenvalue weighted by Crippen LogP contribution is -2.51. The molecule has 3 N–H and O–H groups in total. The number of benzene rings is 1. The third-order valence-electron chi connectivity index (χ3n) is 4.28. The molecule has 0 spiro atoms. The van der Waals surface area contributed by atoms with E-state index in [0.717, 1.165) is 0 Å². The highest BCUT2D eigenvalue weighted by atomic mass is 16.3. The topological polar surface area (TPSA) is 100 Å². The van der Waals surface area contributed by atoms with E-state index in [1.165, 1.54) is 6.26 Å². The molecule has 0 bridgehead atoms. The smallest absolute Gasteiger partial charge is 0.251 e. The first kappa shape index (κ1) is 20.2. The largest absolute Gasteiger partial charge is 0.467 e. The van der Waals surface area contributed by atoms with Gasteiger partial charge in [0.2, 0.25) is 11.8 Å². The van der Waals surface area contributed by atoms with Crippen LogP contribution in [0.15, 0.2) is 53.1 Å². The van der Waals surface area contributed by atoms with Gasteiger partial charge in [-0.05, 0) is 30.2 Å². The van der Waals surface area contributed by atoms with Gasteiger partial charge in [-0.3, -0.25) is 14.4 Å². The average Bonchev–Trinajstić information content (AvgIpc) is 3.22. The Hall–Kier alpha value is -3.09. The van der Waals surface area contributed by atoms with Crippen molar-refractivity contribution in [2.24, 2.45) is 5.92 Å². The van der Waals surface area contributed by atoms with Crippen LogP contribution in [0.2, 0.25) is 0 Å². The van der Waals surface area contributed by atoms with Gasteiger partial charge in [0.15, 0.2) is 0 Å². The van der Waals surface area contributed by atoms with E-state index in [-0.39, 0.29) is 36.7 Å². The van der Waals surface area contributed by atoms with Gasteiger partial charge in [0.1, 0.15) is 11.8 Å². The maximum atomic E-state index is 12.5. The van der Waals surface area contributed by atoms with Crippen LogP contribution in [-0.2, 0) is 16.1 Å². The third kappa shape index (κ3) is 6.29. The van der Waals surface area contributed by atoms with Crippen LogP contribution in [0.3, 0.4) is 0 Å². The van der Waals surface area contributed by atoms with Crippen molar-refractivity contribution in [2.75, 3.05) is 6.54 Å². The fourth-order valence-electron chi connectivity index (χ4n) is 2.45. The summed E-state index contributed by atoms with van der Waals surface area (Å²) in [5.74, 6) is -0.497. The average molecular weight is 371 g/mol. The summed E-state index contributed by atoms with van der Waals surface area (Å²) in [7, 11) is 0. The summed E-state index contributed by atoms with van der Waals surface area (Å²) in [4.78, 5) is 36.8. The van der Waals surface area contributed by atoms with Crippen LogP contribution in [-0.4, -0.2) is 30.3 Å². The van der Waals surface area contributed by atoms with Gasteiger partial charge in [0, 0.05) is 5.56 Å². The van der Waals surface area contributed by atoms with Crippen LogP contribution in [0.4, 0.5) is 0 Å². The van der Waals surface area contributed by atoms with Crippen molar-refractivity contribution >= 4 is 17.7 Å². The lowest BCUT2D eigenvalue weighted by atomic mass is 9.98. The second kappa shape index (κ2) is 10.2. The highest BCUT2D eigenvalue weighted by molar-refractivity contribution is 5.98. The van der Waals surface area contributed by atoms with Gasteiger partial charge < -0.3 is 20.4 Å². The Labute approximate surface area is 158 Å². The Morgan fingerprint density at radius 3 is 2.41 bits per heavy atom. The molecule has 2 unspecified atom stereocenters. The molecule has 2 atom stereocenters. The summed E-state index contributed by atoms with van der Waals surface area (Å²) in [5.41, 5.74) is 0.481. The Bertz CT molecular complexity index is 744. The van der Waals surface area contributed by atoms with Crippen LogP contribution < -0.4 is 16.0 Å². The first-order valence-corrected chi connectivity index (χ1v) is 8.94. The van der Waals surface area contributed by atoms with Crippen LogP contribution in [0, 0.1) is 5.92 Å². The van der Waals surface area contributed by atoms with E-state index in [0.29, 0.717) is 17.7 Å². The number of hydrogen-bond donors (Lipinski definition) is 3. The number of nitrogens with one attached hydrogen (secondary N) is 3. The molecule has 7 heteroatoms. The van der Waals surface area contributed by atoms with Gasteiger partial charge in [-0.1, -0.05) is 38.5 Å². The predicted octanol–water partition coefficient (Wildman–Crippen LogP) is 1.86. The zero-order valence-corrected chi connectivity index (χ0v) is 15.5. The van der Waals surface area contributed by atoms with E-state index >= 15 is 0 Å². The number of carbonyl (C=O) groups is 3. The quantitative estimate of drug-likeness (QED) is 0.626. The van der Waals surface area contributed by atoms with Gasteiger partial charge >= 0.3 is 0 Å². The number of hydrogen-bond acceptors (Lipinski definition) is 4. The standard InChI is InChI=1S/C20H25N3O4/c1-3-14(2)18(23-19(25)15-8-5-4-6-9-15)20(26)22-13-17(24)21-12-16-10-7-11-27-16/h4-11,14,18H,3,12-13H2,1-2H3,(H,21,24)(H,22,26)(H,23,25). The highest BCUT2D eigenvalue weighted by Crippen LogP contribution is 2.09. The zero-order chi connectivity index (χ0) is 19.6. The van der Waals surface area contributed by atoms with Crippen LogP contribution >= 0.6 is 0 Å². The fourth-order valence-corrected chi connectivity index (χ4v) is 2.45.